The molecule has 0 spiro atoms. The summed E-state index contributed by atoms with van der Waals surface area (Å²) in [5.41, 5.74) is 1.39. The van der Waals surface area contributed by atoms with E-state index in [-0.39, 0.29) is 16.9 Å². The fourth-order valence-corrected chi connectivity index (χ4v) is 3.25. The van der Waals surface area contributed by atoms with Gasteiger partial charge in [-0.15, -0.1) is 0 Å². The van der Waals surface area contributed by atoms with Crippen LogP contribution in [0.3, 0.4) is 0 Å². The van der Waals surface area contributed by atoms with E-state index in [0.717, 1.165) is 0 Å². The van der Waals surface area contributed by atoms with Gasteiger partial charge in [-0.25, -0.2) is 13.2 Å². The molecule has 124 valence electrons. The van der Waals surface area contributed by atoms with Crippen molar-refractivity contribution in [3.8, 4) is 0 Å². The van der Waals surface area contributed by atoms with Crippen LogP contribution < -0.4 is 10.5 Å². The molecule has 0 atom stereocenters. The Labute approximate surface area is 135 Å². The number of aromatic amines is 1. The summed E-state index contributed by atoms with van der Waals surface area (Å²) in [5.74, 6) is -1.63. The van der Waals surface area contributed by atoms with Gasteiger partial charge >= 0.3 is 11.7 Å². The molecule has 0 aliphatic carbocycles. The number of carbonyl (C=O) groups is 1. The second-order valence-corrected chi connectivity index (χ2v) is 6.73. The number of aromatic nitrogens is 1. The van der Waals surface area contributed by atoms with E-state index in [9.17, 15) is 18.0 Å². The summed E-state index contributed by atoms with van der Waals surface area (Å²) in [6, 6.07) is 10.0. The number of anilines is 1. The van der Waals surface area contributed by atoms with Crippen LogP contribution in [0.4, 0.5) is 5.69 Å². The predicted molar refractivity (Wildman–Crippen MR) is 85.4 cm³/mol. The molecule has 0 radical (unpaired) electrons. The van der Waals surface area contributed by atoms with Gasteiger partial charge in [-0.2, -0.15) is 0 Å². The van der Waals surface area contributed by atoms with Crippen LogP contribution in [0, 0.1) is 0 Å². The third-order valence-electron chi connectivity index (χ3n) is 3.26. The molecule has 1 aromatic heterocycles. The minimum Gasteiger partial charge on any atom is -0.481 e. The number of hydrogen-bond donors (Lipinski definition) is 3. The zero-order valence-electron chi connectivity index (χ0n) is 12.1. The molecule has 0 aliphatic heterocycles. The van der Waals surface area contributed by atoms with Crippen molar-refractivity contribution in [1.82, 2.24) is 4.98 Å². The van der Waals surface area contributed by atoms with Crippen molar-refractivity contribution in [3.05, 3.63) is 58.6 Å². The Balaban J connectivity index is 1.86. The summed E-state index contributed by atoms with van der Waals surface area (Å²) in [4.78, 5) is 24.1. The lowest BCUT2D eigenvalue weighted by Crippen LogP contribution is -2.13. The van der Waals surface area contributed by atoms with Crippen molar-refractivity contribution in [2.45, 2.75) is 11.3 Å². The van der Waals surface area contributed by atoms with E-state index < -0.39 is 21.7 Å². The van der Waals surface area contributed by atoms with E-state index in [1.54, 1.807) is 0 Å². The zero-order chi connectivity index (χ0) is 17.3. The van der Waals surface area contributed by atoms with E-state index in [0.29, 0.717) is 16.8 Å². The molecular weight excluding hydrogens is 336 g/mol. The Morgan fingerprint density at radius 1 is 1.17 bits per heavy atom. The van der Waals surface area contributed by atoms with Gasteiger partial charge in [-0.3, -0.25) is 14.5 Å². The number of aliphatic carboxylic acids is 1. The van der Waals surface area contributed by atoms with Crippen molar-refractivity contribution in [2.75, 3.05) is 4.72 Å². The van der Waals surface area contributed by atoms with Gasteiger partial charge in [-0.05, 0) is 29.8 Å². The molecule has 9 heteroatoms. The Bertz CT molecular complexity index is 1060. The van der Waals surface area contributed by atoms with Gasteiger partial charge in [-0.1, -0.05) is 12.1 Å². The summed E-state index contributed by atoms with van der Waals surface area (Å²) in [6.07, 6.45) is -0.143. The van der Waals surface area contributed by atoms with Crippen LogP contribution in [0.5, 0.6) is 0 Å². The molecule has 3 aromatic rings. The second kappa shape index (κ2) is 5.85. The number of oxazole rings is 1. The van der Waals surface area contributed by atoms with Crippen LogP contribution in [0.2, 0.25) is 0 Å². The molecule has 24 heavy (non-hydrogen) atoms. The minimum atomic E-state index is -3.87. The number of sulfonamides is 1. The lowest BCUT2D eigenvalue weighted by molar-refractivity contribution is -0.136. The first kappa shape index (κ1) is 15.8. The number of carboxylic acid groups (broad SMARTS) is 1. The molecule has 0 unspecified atom stereocenters. The van der Waals surface area contributed by atoms with E-state index in [1.165, 1.54) is 42.5 Å². The first-order valence-electron chi connectivity index (χ1n) is 6.80. The molecule has 0 bridgehead atoms. The monoisotopic (exact) mass is 348 g/mol. The fraction of sp³-hybridized carbons (Fsp3) is 0.0667. The Morgan fingerprint density at radius 2 is 1.88 bits per heavy atom. The number of rotatable bonds is 5. The number of carboxylic acids is 1. The average molecular weight is 348 g/mol. The molecule has 1 heterocycles. The Kier molecular flexibility index (Phi) is 3.86. The molecular formula is C15H12N2O6S. The van der Waals surface area contributed by atoms with Gasteiger partial charge in [0.25, 0.3) is 10.0 Å². The van der Waals surface area contributed by atoms with Crippen LogP contribution in [-0.2, 0) is 21.2 Å². The third-order valence-corrected chi connectivity index (χ3v) is 4.64. The lowest BCUT2D eigenvalue weighted by atomic mass is 10.1. The second-order valence-electron chi connectivity index (χ2n) is 5.05. The normalized spacial score (nSPS) is 11.5. The maximum atomic E-state index is 12.4. The van der Waals surface area contributed by atoms with Crippen LogP contribution in [-0.4, -0.2) is 24.5 Å². The maximum absolute atomic E-state index is 12.4. The van der Waals surface area contributed by atoms with Gasteiger partial charge in [0.15, 0.2) is 5.58 Å². The first-order valence-corrected chi connectivity index (χ1v) is 8.28. The standard InChI is InChI=1S/C15H12N2O6S/c18-14(19)7-9-1-3-10(4-2-9)17-24(21,22)11-5-6-12-13(8-11)23-15(20)16-12/h1-6,8,17H,7H2,(H,16,20)(H,18,19). The minimum absolute atomic E-state index is 0.0626. The molecule has 0 saturated carbocycles. The molecule has 3 N–H and O–H groups in total. The number of fused-ring (bicyclic) bond motifs is 1. The molecule has 0 fully saturated rings. The number of benzene rings is 2. The van der Waals surface area contributed by atoms with Gasteiger partial charge in [0.2, 0.25) is 0 Å². The van der Waals surface area contributed by atoms with Gasteiger partial charge in [0.1, 0.15) is 0 Å². The smallest absolute Gasteiger partial charge is 0.417 e. The van der Waals surface area contributed by atoms with Crippen molar-refractivity contribution in [3.63, 3.8) is 0 Å². The largest absolute Gasteiger partial charge is 0.481 e. The highest BCUT2D eigenvalue weighted by Crippen LogP contribution is 2.20. The fourth-order valence-electron chi connectivity index (χ4n) is 2.17. The summed E-state index contributed by atoms with van der Waals surface area (Å²) < 4.78 is 32.0. The van der Waals surface area contributed by atoms with E-state index in [1.807, 2.05) is 0 Å². The quantitative estimate of drug-likeness (QED) is 0.641. The van der Waals surface area contributed by atoms with E-state index in [4.69, 9.17) is 9.52 Å². The number of H-pyrrole nitrogens is 1. The Hall–Kier alpha value is -3.07. The van der Waals surface area contributed by atoms with Gasteiger partial charge < -0.3 is 9.52 Å². The number of hydrogen-bond acceptors (Lipinski definition) is 5. The lowest BCUT2D eigenvalue weighted by Gasteiger charge is -2.08. The van der Waals surface area contributed by atoms with E-state index in [2.05, 4.69) is 9.71 Å². The molecule has 8 nitrogen and oxygen atoms in total. The van der Waals surface area contributed by atoms with Crippen molar-refractivity contribution in [1.29, 1.82) is 0 Å². The first-order chi connectivity index (χ1) is 11.3. The molecule has 0 aliphatic rings. The highest BCUT2D eigenvalue weighted by molar-refractivity contribution is 7.92. The summed E-state index contributed by atoms with van der Waals surface area (Å²) in [7, 11) is -3.87. The molecule has 2 aromatic carbocycles. The summed E-state index contributed by atoms with van der Waals surface area (Å²) in [5, 5.41) is 8.71. The topological polar surface area (TPSA) is 129 Å². The molecule has 0 saturated heterocycles. The van der Waals surface area contributed by atoms with Crippen molar-refractivity contribution < 1.29 is 22.7 Å². The highest BCUT2D eigenvalue weighted by atomic mass is 32.2. The maximum Gasteiger partial charge on any atom is 0.417 e. The van der Waals surface area contributed by atoms with Crippen molar-refractivity contribution in [2.24, 2.45) is 0 Å². The predicted octanol–water partition coefficient (Wildman–Crippen LogP) is 1.55. The average Bonchev–Trinajstić information content (AvgIpc) is 2.87. The van der Waals surface area contributed by atoms with Gasteiger partial charge in [0, 0.05) is 11.8 Å². The SMILES string of the molecule is O=C(O)Cc1ccc(NS(=O)(=O)c2ccc3[nH]c(=O)oc3c2)cc1. The summed E-state index contributed by atoms with van der Waals surface area (Å²) >= 11 is 0. The van der Waals surface area contributed by atoms with Crippen molar-refractivity contribution >= 4 is 32.8 Å². The Morgan fingerprint density at radius 3 is 2.54 bits per heavy atom. The van der Waals surface area contributed by atoms with Gasteiger partial charge in [0.05, 0.1) is 16.8 Å². The zero-order valence-corrected chi connectivity index (χ0v) is 13.0. The highest BCUT2D eigenvalue weighted by Gasteiger charge is 2.16. The number of nitrogens with one attached hydrogen (secondary N) is 2. The third kappa shape index (κ3) is 3.30. The van der Waals surface area contributed by atoms with Crippen LogP contribution >= 0.6 is 0 Å². The van der Waals surface area contributed by atoms with Crippen LogP contribution in [0.15, 0.2) is 56.6 Å². The molecule has 3 rings (SSSR count). The summed E-state index contributed by atoms with van der Waals surface area (Å²) in [6.45, 7) is 0. The van der Waals surface area contributed by atoms with Crippen LogP contribution in [0.25, 0.3) is 11.1 Å². The van der Waals surface area contributed by atoms with Crippen LogP contribution in [0.1, 0.15) is 5.56 Å². The molecule has 0 amide bonds. The van der Waals surface area contributed by atoms with E-state index >= 15 is 0 Å².